The summed E-state index contributed by atoms with van der Waals surface area (Å²) in [6.07, 6.45) is -2.53. The first-order valence-corrected chi connectivity index (χ1v) is 10.7. The summed E-state index contributed by atoms with van der Waals surface area (Å²) in [6, 6.07) is 9.32. The van der Waals surface area contributed by atoms with Gasteiger partial charge in [-0.1, -0.05) is 17.3 Å². The van der Waals surface area contributed by atoms with Crippen molar-refractivity contribution in [2.24, 2.45) is 5.92 Å². The van der Waals surface area contributed by atoms with Gasteiger partial charge in [0.1, 0.15) is 12.3 Å². The van der Waals surface area contributed by atoms with Crippen molar-refractivity contribution in [1.82, 2.24) is 30.5 Å². The number of carbonyl (C=O) groups excluding carboxylic acids is 1. The van der Waals surface area contributed by atoms with E-state index in [2.05, 4.69) is 25.8 Å². The fourth-order valence-electron chi connectivity index (χ4n) is 3.46. The van der Waals surface area contributed by atoms with Gasteiger partial charge in [-0.2, -0.15) is 0 Å². The van der Waals surface area contributed by atoms with E-state index >= 15 is 0 Å². The molecule has 1 aliphatic heterocycles. The standard InChI is InChI=1S/C22H25F2N7O3/c1-14-18(31(29-26-14)17-5-3-15(4-6-17)21(23)24)13-34-20-8-7-19(27-28-20)30-11-16(12-30)22(32)25-9-10-33-2/h3-8,16,21H,9-13H2,1-2H3,(H,25,32). The van der Waals surface area contributed by atoms with E-state index in [0.717, 1.165) is 0 Å². The first-order valence-electron chi connectivity index (χ1n) is 10.7. The Morgan fingerprint density at radius 2 is 1.91 bits per heavy atom. The zero-order chi connectivity index (χ0) is 24.1. The first kappa shape index (κ1) is 23.5. The molecule has 1 N–H and O–H groups in total. The minimum atomic E-state index is -2.53. The maximum atomic E-state index is 12.8. The number of ether oxygens (including phenoxy) is 2. The van der Waals surface area contributed by atoms with Crippen molar-refractivity contribution in [3.05, 3.63) is 53.3 Å². The number of amides is 1. The van der Waals surface area contributed by atoms with Crippen LogP contribution in [-0.4, -0.2) is 64.4 Å². The van der Waals surface area contributed by atoms with Gasteiger partial charge in [0.05, 0.1) is 23.9 Å². The van der Waals surface area contributed by atoms with Crippen LogP contribution in [0.4, 0.5) is 14.6 Å². The third-order valence-corrected chi connectivity index (χ3v) is 5.51. The lowest BCUT2D eigenvalue weighted by molar-refractivity contribution is -0.125. The lowest BCUT2D eigenvalue weighted by Crippen LogP contribution is -2.54. The summed E-state index contributed by atoms with van der Waals surface area (Å²) in [5, 5.41) is 19.3. The molecule has 34 heavy (non-hydrogen) atoms. The topological polar surface area (TPSA) is 107 Å². The highest BCUT2D eigenvalue weighted by molar-refractivity contribution is 5.81. The molecule has 10 nitrogen and oxygen atoms in total. The Kier molecular flexibility index (Phi) is 7.26. The molecule has 0 radical (unpaired) electrons. The van der Waals surface area contributed by atoms with Crippen LogP contribution in [0.5, 0.6) is 5.88 Å². The fourth-order valence-corrected chi connectivity index (χ4v) is 3.46. The number of carbonyl (C=O) groups is 1. The van der Waals surface area contributed by atoms with E-state index in [0.29, 0.717) is 55.0 Å². The average molecular weight is 473 g/mol. The SMILES string of the molecule is COCCNC(=O)C1CN(c2ccc(OCc3c(C)nnn3-c3ccc(C(F)F)cc3)nn2)C1. The van der Waals surface area contributed by atoms with Gasteiger partial charge in [-0.25, -0.2) is 13.5 Å². The van der Waals surface area contributed by atoms with Crippen LogP contribution in [0.15, 0.2) is 36.4 Å². The molecule has 12 heteroatoms. The van der Waals surface area contributed by atoms with Gasteiger partial charge in [0.2, 0.25) is 11.8 Å². The van der Waals surface area contributed by atoms with E-state index in [-0.39, 0.29) is 24.0 Å². The third-order valence-electron chi connectivity index (χ3n) is 5.51. The predicted molar refractivity (Wildman–Crippen MR) is 118 cm³/mol. The molecule has 4 rings (SSSR count). The molecule has 1 saturated heterocycles. The molecule has 0 saturated carbocycles. The zero-order valence-corrected chi connectivity index (χ0v) is 18.8. The van der Waals surface area contributed by atoms with Gasteiger partial charge in [-0.15, -0.1) is 15.3 Å². The highest BCUT2D eigenvalue weighted by Gasteiger charge is 2.33. The summed E-state index contributed by atoms with van der Waals surface area (Å²) in [4.78, 5) is 14.0. The summed E-state index contributed by atoms with van der Waals surface area (Å²) in [5.74, 6) is 0.902. The number of anilines is 1. The number of nitrogens with zero attached hydrogens (tertiary/aromatic N) is 6. The molecule has 3 heterocycles. The van der Waals surface area contributed by atoms with Crippen LogP contribution in [0.2, 0.25) is 0 Å². The monoisotopic (exact) mass is 473 g/mol. The van der Waals surface area contributed by atoms with Crippen LogP contribution in [0.3, 0.4) is 0 Å². The van der Waals surface area contributed by atoms with Crippen molar-refractivity contribution in [3.63, 3.8) is 0 Å². The van der Waals surface area contributed by atoms with E-state index in [4.69, 9.17) is 9.47 Å². The molecular weight excluding hydrogens is 448 g/mol. The van der Waals surface area contributed by atoms with Crippen LogP contribution in [-0.2, 0) is 16.1 Å². The Morgan fingerprint density at radius 1 is 1.15 bits per heavy atom. The van der Waals surface area contributed by atoms with Gasteiger partial charge in [0, 0.05) is 38.4 Å². The number of alkyl halides is 2. The summed E-state index contributed by atoms with van der Waals surface area (Å²) < 4.78 is 37.9. The van der Waals surface area contributed by atoms with Gasteiger partial charge in [0.25, 0.3) is 6.43 Å². The molecule has 0 aliphatic carbocycles. The minimum absolute atomic E-state index is 0.00523. The van der Waals surface area contributed by atoms with E-state index in [1.165, 1.54) is 12.1 Å². The van der Waals surface area contributed by atoms with Gasteiger partial charge < -0.3 is 19.7 Å². The number of nitrogens with one attached hydrogen (secondary N) is 1. The largest absolute Gasteiger partial charge is 0.470 e. The van der Waals surface area contributed by atoms with Crippen LogP contribution in [0.25, 0.3) is 5.69 Å². The summed E-state index contributed by atoms with van der Waals surface area (Å²) in [6.45, 7) is 4.03. The molecule has 1 amide bonds. The number of aromatic nitrogens is 5. The van der Waals surface area contributed by atoms with Crippen LogP contribution in [0.1, 0.15) is 23.4 Å². The van der Waals surface area contributed by atoms with E-state index in [1.54, 1.807) is 43.0 Å². The molecule has 1 aliphatic rings. The number of benzene rings is 1. The molecule has 1 fully saturated rings. The molecule has 0 spiro atoms. The first-order chi connectivity index (χ1) is 16.5. The number of methoxy groups -OCH3 is 1. The summed E-state index contributed by atoms with van der Waals surface area (Å²) >= 11 is 0. The molecule has 0 bridgehead atoms. The third kappa shape index (κ3) is 5.28. The number of halogens is 2. The second-order valence-electron chi connectivity index (χ2n) is 7.83. The number of rotatable bonds is 10. The molecule has 1 aromatic carbocycles. The Balaban J connectivity index is 1.32. The summed E-state index contributed by atoms with van der Waals surface area (Å²) in [7, 11) is 1.59. The predicted octanol–water partition coefficient (Wildman–Crippen LogP) is 2.08. The minimum Gasteiger partial charge on any atom is -0.470 e. The maximum Gasteiger partial charge on any atom is 0.263 e. The molecule has 2 aromatic heterocycles. The maximum absolute atomic E-state index is 12.8. The molecule has 180 valence electrons. The lowest BCUT2D eigenvalue weighted by Gasteiger charge is -2.38. The number of hydrogen-bond acceptors (Lipinski definition) is 8. The number of aryl methyl sites for hydroxylation is 1. The Bertz CT molecular complexity index is 1100. The Labute approximate surface area is 194 Å². The van der Waals surface area contributed by atoms with Crippen LogP contribution >= 0.6 is 0 Å². The smallest absolute Gasteiger partial charge is 0.263 e. The van der Waals surface area contributed by atoms with Crippen molar-refractivity contribution in [2.45, 2.75) is 20.0 Å². The van der Waals surface area contributed by atoms with Gasteiger partial charge in [-0.05, 0) is 25.1 Å². The highest BCUT2D eigenvalue weighted by Crippen LogP contribution is 2.24. The van der Waals surface area contributed by atoms with E-state index in [9.17, 15) is 13.6 Å². The lowest BCUT2D eigenvalue weighted by atomic mass is 9.99. The quantitative estimate of drug-likeness (QED) is 0.446. The molecule has 3 aromatic rings. The molecule has 0 unspecified atom stereocenters. The van der Waals surface area contributed by atoms with Crippen LogP contribution in [0, 0.1) is 12.8 Å². The highest BCUT2D eigenvalue weighted by atomic mass is 19.3. The van der Waals surface area contributed by atoms with Gasteiger partial charge in [0.15, 0.2) is 5.82 Å². The van der Waals surface area contributed by atoms with Gasteiger partial charge >= 0.3 is 0 Å². The van der Waals surface area contributed by atoms with Gasteiger partial charge in [-0.3, -0.25) is 4.79 Å². The summed E-state index contributed by atoms with van der Waals surface area (Å²) in [5.41, 5.74) is 1.86. The van der Waals surface area contributed by atoms with Crippen molar-refractivity contribution in [3.8, 4) is 11.6 Å². The second kappa shape index (κ2) is 10.5. The van der Waals surface area contributed by atoms with Crippen molar-refractivity contribution in [2.75, 3.05) is 38.3 Å². The van der Waals surface area contributed by atoms with Crippen molar-refractivity contribution < 1.29 is 23.0 Å². The van der Waals surface area contributed by atoms with Crippen molar-refractivity contribution in [1.29, 1.82) is 0 Å². The number of hydrogen-bond donors (Lipinski definition) is 1. The van der Waals surface area contributed by atoms with E-state index < -0.39 is 6.43 Å². The zero-order valence-electron chi connectivity index (χ0n) is 18.8. The Morgan fingerprint density at radius 3 is 2.56 bits per heavy atom. The van der Waals surface area contributed by atoms with Crippen LogP contribution < -0.4 is 15.0 Å². The van der Waals surface area contributed by atoms with Crippen molar-refractivity contribution >= 4 is 11.7 Å². The van der Waals surface area contributed by atoms with E-state index in [1.807, 2.05) is 4.90 Å². The average Bonchev–Trinajstić information content (AvgIpc) is 3.18. The molecule has 0 atom stereocenters. The molecular formula is C22H25F2N7O3. The fraction of sp³-hybridized carbons (Fsp3) is 0.409. The second-order valence-corrected chi connectivity index (χ2v) is 7.83. The Hall–Kier alpha value is -3.67. The normalized spacial score (nSPS) is 13.7.